The Morgan fingerprint density at radius 2 is 1.92 bits per heavy atom. The van der Waals surface area contributed by atoms with Gasteiger partial charge in [-0.05, 0) is 59.8 Å². The Kier molecular flexibility index (Phi) is 4.21. The molecule has 25 heavy (non-hydrogen) atoms. The van der Waals surface area contributed by atoms with Gasteiger partial charge in [-0.2, -0.15) is 0 Å². The second-order valence-corrected chi connectivity index (χ2v) is 9.03. The van der Waals surface area contributed by atoms with Gasteiger partial charge in [0, 0.05) is 19.2 Å². The van der Waals surface area contributed by atoms with Crippen LogP contribution in [0.1, 0.15) is 86.3 Å². The molecular weight excluding hydrogens is 314 g/mol. The number of hydrogen-bond donors (Lipinski definition) is 1. The number of carboxylic acids is 1. The molecule has 2 aliphatic rings. The Morgan fingerprint density at radius 1 is 1.24 bits per heavy atom. The monoisotopic (exact) mass is 343 g/mol. The van der Waals surface area contributed by atoms with Crippen LogP contribution in [0.2, 0.25) is 0 Å². The highest BCUT2D eigenvalue weighted by atomic mass is 16.4. The standard InChI is InChI=1S/C21H29NO3/c1-13(19(24)25)17-15-11-22(5)18(23)14(15)7-8-16(17)21(4)10-6-9-20(2,3)12-21/h7-8,13H,6,9-12H2,1-5H3,(H,24,25). The maximum absolute atomic E-state index is 12.4. The highest BCUT2D eigenvalue weighted by molar-refractivity contribution is 5.99. The van der Waals surface area contributed by atoms with E-state index in [4.69, 9.17) is 0 Å². The normalized spacial score (nSPS) is 26.4. The molecule has 0 aromatic heterocycles. The average molecular weight is 343 g/mol. The zero-order valence-corrected chi connectivity index (χ0v) is 16.0. The average Bonchev–Trinajstić information content (AvgIpc) is 2.79. The van der Waals surface area contributed by atoms with Gasteiger partial charge in [-0.3, -0.25) is 9.59 Å². The minimum Gasteiger partial charge on any atom is -0.481 e. The van der Waals surface area contributed by atoms with E-state index < -0.39 is 11.9 Å². The van der Waals surface area contributed by atoms with Gasteiger partial charge in [0.2, 0.25) is 0 Å². The molecule has 1 aromatic carbocycles. The predicted molar refractivity (Wildman–Crippen MR) is 97.9 cm³/mol. The molecule has 2 atom stereocenters. The third kappa shape index (κ3) is 2.96. The number of fused-ring (bicyclic) bond motifs is 1. The third-order valence-corrected chi connectivity index (χ3v) is 6.23. The van der Waals surface area contributed by atoms with Gasteiger partial charge >= 0.3 is 5.97 Å². The summed E-state index contributed by atoms with van der Waals surface area (Å²) in [7, 11) is 1.78. The van der Waals surface area contributed by atoms with Gasteiger partial charge in [-0.1, -0.05) is 33.3 Å². The number of amides is 1. The lowest BCUT2D eigenvalue weighted by Gasteiger charge is -2.44. The number of nitrogens with zero attached hydrogens (tertiary/aromatic N) is 1. The SMILES string of the molecule is CC(C(=O)O)c1c(C2(C)CCCC(C)(C)C2)ccc2c1CN(C)C2=O. The van der Waals surface area contributed by atoms with Crippen molar-refractivity contribution in [3.05, 3.63) is 34.4 Å². The van der Waals surface area contributed by atoms with E-state index in [1.165, 1.54) is 6.42 Å². The molecular formula is C21H29NO3. The van der Waals surface area contributed by atoms with E-state index in [9.17, 15) is 14.7 Å². The van der Waals surface area contributed by atoms with Gasteiger partial charge in [0.05, 0.1) is 5.92 Å². The molecule has 4 heteroatoms. The molecule has 1 saturated carbocycles. The van der Waals surface area contributed by atoms with E-state index in [2.05, 4.69) is 20.8 Å². The molecule has 0 saturated heterocycles. The first kappa shape index (κ1) is 18.0. The summed E-state index contributed by atoms with van der Waals surface area (Å²) in [5.74, 6) is -1.43. The topological polar surface area (TPSA) is 57.6 Å². The van der Waals surface area contributed by atoms with Crippen molar-refractivity contribution in [2.45, 2.75) is 71.3 Å². The molecule has 2 unspecified atom stereocenters. The van der Waals surface area contributed by atoms with E-state index in [-0.39, 0.29) is 16.7 Å². The van der Waals surface area contributed by atoms with Crippen LogP contribution in [0.5, 0.6) is 0 Å². The van der Waals surface area contributed by atoms with Crippen LogP contribution in [-0.2, 0) is 16.8 Å². The van der Waals surface area contributed by atoms with Gasteiger partial charge in [-0.15, -0.1) is 0 Å². The second kappa shape index (κ2) is 5.86. The number of carboxylic acid groups (broad SMARTS) is 1. The summed E-state index contributed by atoms with van der Waals surface area (Å²) < 4.78 is 0. The van der Waals surface area contributed by atoms with Crippen molar-refractivity contribution in [1.29, 1.82) is 0 Å². The highest BCUT2D eigenvalue weighted by Crippen LogP contribution is 2.50. The van der Waals surface area contributed by atoms with Crippen LogP contribution in [0.15, 0.2) is 12.1 Å². The lowest BCUT2D eigenvalue weighted by atomic mass is 9.60. The fourth-order valence-corrected chi connectivity index (χ4v) is 5.11. The van der Waals surface area contributed by atoms with Crippen LogP contribution < -0.4 is 0 Å². The van der Waals surface area contributed by atoms with Gasteiger partial charge in [0.25, 0.3) is 5.91 Å². The van der Waals surface area contributed by atoms with Crippen LogP contribution in [-0.4, -0.2) is 28.9 Å². The summed E-state index contributed by atoms with van der Waals surface area (Å²) in [6.45, 7) is 9.13. The number of carbonyl (C=O) groups excluding carboxylic acids is 1. The van der Waals surface area contributed by atoms with E-state index in [0.29, 0.717) is 12.1 Å². The molecule has 1 aliphatic heterocycles. The molecule has 1 aromatic rings. The fourth-order valence-electron chi connectivity index (χ4n) is 5.11. The molecule has 0 spiro atoms. The van der Waals surface area contributed by atoms with Crippen molar-refractivity contribution in [3.63, 3.8) is 0 Å². The summed E-state index contributed by atoms with van der Waals surface area (Å²) in [5.41, 5.74) is 3.82. The van der Waals surface area contributed by atoms with Crippen molar-refractivity contribution >= 4 is 11.9 Å². The van der Waals surface area contributed by atoms with E-state index in [1.54, 1.807) is 18.9 Å². The molecule has 1 fully saturated rings. The van der Waals surface area contributed by atoms with Crippen molar-refractivity contribution in [2.24, 2.45) is 5.41 Å². The van der Waals surface area contributed by atoms with Crippen molar-refractivity contribution in [2.75, 3.05) is 7.05 Å². The maximum Gasteiger partial charge on any atom is 0.310 e. The minimum absolute atomic E-state index is 0.00508. The lowest BCUT2D eigenvalue weighted by Crippen LogP contribution is -2.36. The Labute approximate surface area is 150 Å². The zero-order valence-electron chi connectivity index (χ0n) is 16.0. The second-order valence-electron chi connectivity index (χ2n) is 9.03. The predicted octanol–water partition coefficient (Wildman–Crippen LogP) is 4.32. The van der Waals surface area contributed by atoms with Gasteiger partial charge < -0.3 is 10.0 Å². The highest BCUT2D eigenvalue weighted by Gasteiger charge is 2.42. The minimum atomic E-state index is -0.824. The van der Waals surface area contributed by atoms with Gasteiger partial charge in [0.1, 0.15) is 0 Å². The molecule has 1 heterocycles. The third-order valence-electron chi connectivity index (χ3n) is 6.23. The molecule has 1 N–H and O–H groups in total. The van der Waals surface area contributed by atoms with Crippen molar-refractivity contribution < 1.29 is 14.7 Å². The van der Waals surface area contributed by atoms with Crippen LogP contribution >= 0.6 is 0 Å². The lowest BCUT2D eigenvalue weighted by molar-refractivity contribution is -0.138. The smallest absolute Gasteiger partial charge is 0.310 e. The summed E-state index contributed by atoms with van der Waals surface area (Å²) >= 11 is 0. The molecule has 0 radical (unpaired) electrons. The Morgan fingerprint density at radius 3 is 2.52 bits per heavy atom. The first-order valence-corrected chi connectivity index (χ1v) is 9.20. The van der Waals surface area contributed by atoms with Crippen LogP contribution in [0.25, 0.3) is 0 Å². The number of rotatable bonds is 3. The largest absolute Gasteiger partial charge is 0.481 e. The number of aliphatic carboxylic acids is 1. The van der Waals surface area contributed by atoms with Crippen LogP contribution in [0, 0.1) is 5.41 Å². The number of hydrogen-bond acceptors (Lipinski definition) is 2. The Balaban J connectivity index is 2.19. The summed E-state index contributed by atoms with van der Waals surface area (Å²) in [6, 6.07) is 3.95. The van der Waals surface area contributed by atoms with E-state index in [1.807, 2.05) is 12.1 Å². The van der Waals surface area contributed by atoms with Gasteiger partial charge in [-0.25, -0.2) is 0 Å². The van der Waals surface area contributed by atoms with Crippen LogP contribution in [0.4, 0.5) is 0 Å². The van der Waals surface area contributed by atoms with E-state index >= 15 is 0 Å². The Hall–Kier alpha value is -1.84. The quantitative estimate of drug-likeness (QED) is 0.889. The molecule has 136 valence electrons. The molecule has 0 bridgehead atoms. The van der Waals surface area contributed by atoms with Crippen molar-refractivity contribution in [3.8, 4) is 0 Å². The molecule has 4 nitrogen and oxygen atoms in total. The Bertz CT molecular complexity index is 737. The summed E-state index contributed by atoms with van der Waals surface area (Å²) in [4.78, 5) is 25.9. The molecule has 3 rings (SSSR count). The maximum atomic E-state index is 12.4. The van der Waals surface area contributed by atoms with Crippen molar-refractivity contribution in [1.82, 2.24) is 4.90 Å². The number of carbonyl (C=O) groups is 2. The van der Waals surface area contributed by atoms with Crippen LogP contribution in [0.3, 0.4) is 0 Å². The summed E-state index contributed by atoms with van der Waals surface area (Å²) in [5, 5.41) is 9.71. The first-order valence-electron chi connectivity index (χ1n) is 9.20. The summed E-state index contributed by atoms with van der Waals surface area (Å²) in [6.07, 6.45) is 4.47. The zero-order chi connectivity index (χ0) is 18.6. The number of benzene rings is 1. The molecule has 1 amide bonds. The molecule has 1 aliphatic carbocycles. The van der Waals surface area contributed by atoms with E-state index in [0.717, 1.165) is 36.0 Å². The van der Waals surface area contributed by atoms with Gasteiger partial charge in [0.15, 0.2) is 0 Å². The first-order chi connectivity index (χ1) is 11.6. The fraction of sp³-hybridized carbons (Fsp3) is 0.619.